The minimum Gasteiger partial charge on any atom is -0.497 e. The van der Waals surface area contributed by atoms with Crippen LogP contribution in [0.3, 0.4) is 0 Å². The molecule has 1 aromatic rings. The predicted octanol–water partition coefficient (Wildman–Crippen LogP) is 0.251. The van der Waals surface area contributed by atoms with Crippen LogP contribution in [0.2, 0.25) is 0 Å². The van der Waals surface area contributed by atoms with Crippen molar-refractivity contribution >= 4 is 5.91 Å². The summed E-state index contributed by atoms with van der Waals surface area (Å²) in [7, 11) is 3.22. The summed E-state index contributed by atoms with van der Waals surface area (Å²) in [4.78, 5) is 15.8. The summed E-state index contributed by atoms with van der Waals surface area (Å²) in [6, 6.07) is 3.71. The van der Waals surface area contributed by atoms with Crippen LogP contribution in [-0.2, 0) is 16.1 Å². The zero-order valence-electron chi connectivity index (χ0n) is 11.7. The number of pyridine rings is 1. The van der Waals surface area contributed by atoms with Gasteiger partial charge >= 0.3 is 0 Å². The molecule has 0 saturated heterocycles. The van der Waals surface area contributed by atoms with Gasteiger partial charge in [0, 0.05) is 38.0 Å². The van der Waals surface area contributed by atoms with E-state index in [1.807, 2.05) is 19.1 Å². The van der Waals surface area contributed by atoms with Gasteiger partial charge in [-0.2, -0.15) is 0 Å². The number of aromatic nitrogens is 1. The number of nitrogens with zero attached hydrogens (tertiary/aromatic N) is 1. The van der Waals surface area contributed by atoms with Crippen molar-refractivity contribution < 1.29 is 14.3 Å². The van der Waals surface area contributed by atoms with Gasteiger partial charge in [-0.1, -0.05) is 0 Å². The zero-order chi connectivity index (χ0) is 14.1. The van der Waals surface area contributed by atoms with Crippen LogP contribution in [-0.4, -0.2) is 44.8 Å². The maximum absolute atomic E-state index is 11.4. The minimum atomic E-state index is -0.0586. The van der Waals surface area contributed by atoms with E-state index in [1.165, 1.54) is 0 Å². The maximum atomic E-state index is 11.4. The number of carbonyl (C=O) groups excluding carboxylic acids is 1. The monoisotopic (exact) mass is 267 g/mol. The first-order valence-corrected chi connectivity index (χ1v) is 6.13. The van der Waals surface area contributed by atoms with E-state index in [1.54, 1.807) is 14.2 Å². The quantitative estimate of drug-likeness (QED) is 0.661. The fourth-order valence-corrected chi connectivity index (χ4v) is 1.57. The van der Waals surface area contributed by atoms with Gasteiger partial charge in [-0.15, -0.1) is 0 Å². The lowest BCUT2D eigenvalue weighted by Crippen LogP contribution is -2.35. The molecule has 19 heavy (non-hydrogen) atoms. The van der Waals surface area contributed by atoms with Gasteiger partial charge in [-0.05, 0) is 6.92 Å². The van der Waals surface area contributed by atoms with Crippen LogP contribution in [0.4, 0.5) is 0 Å². The summed E-state index contributed by atoms with van der Waals surface area (Å²) in [5.74, 6) is 0.713. The zero-order valence-corrected chi connectivity index (χ0v) is 11.7. The summed E-state index contributed by atoms with van der Waals surface area (Å²) in [5, 5.41) is 5.77. The van der Waals surface area contributed by atoms with Crippen molar-refractivity contribution in [3.8, 4) is 5.75 Å². The van der Waals surface area contributed by atoms with E-state index in [4.69, 9.17) is 9.47 Å². The van der Waals surface area contributed by atoms with Gasteiger partial charge in [-0.25, -0.2) is 0 Å². The third-order valence-electron chi connectivity index (χ3n) is 2.44. The Hall–Kier alpha value is -1.66. The highest BCUT2D eigenvalue weighted by Crippen LogP contribution is 2.12. The molecule has 2 N–H and O–H groups in total. The number of hydrogen-bond donors (Lipinski definition) is 2. The highest BCUT2D eigenvalue weighted by atomic mass is 16.5. The first-order valence-electron chi connectivity index (χ1n) is 6.13. The molecule has 1 heterocycles. The third kappa shape index (κ3) is 6.17. The van der Waals surface area contributed by atoms with Crippen LogP contribution in [0.5, 0.6) is 5.75 Å². The molecule has 0 spiro atoms. The van der Waals surface area contributed by atoms with Crippen LogP contribution < -0.4 is 15.4 Å². The fourth-order valence-electron chi connectivity index (χ4n) is 1.57. The second kappa shape index (κ2) is 8.44. The van der Waals surface area contributed by atoms with Crippen molar-refractivity contribution in [2.24, 2.45) is 0 Å². The van der Waals surface area contributed by atoms with E-state index in [2.05, 4.69) is 15.6 Å². The van der Waals surface area contributed by atoms with E-state index >= 15 is 0 Å². The van der Waals surface area contributed by atoms with E-state index in [0.717, 1.165) is 17.1 Å². The average Bonchev–Trinajstić information content (AvgIpc) is 2.38. The van der Waals surface area contributed by atoms with Gasteiger partial charge in [0.05, 0.1) is 26.0 Å². The van der Waals surface area contributed by atoms with Crippen molar-refractivity contribution in [1.82, 2.24) is 15.6 Å². The minimum absolute atomic E-state index is 0.0586. The lowest BCUT2D eigenvalue weighted by atomic mass is 10.3. The number of aryl methyl sites for hydroxylation is 1. The normalized spacial score (nSPS) is 10.3. The molecule has 106 valence electrons. The van der Waals surface area contributed by atoms with Gasteiger partial charge in [-0.3, -0.25) is 9.78 Å². The molecular weight excluding hydrogens is 246 g/mol. The van der Waals surface area contributed by atoms with Crippen molar-refractivity contribution in [2.75, 3.05) is 33.9 Å². The van der Waals surface area contributed by atoms with Gasteiger partial charge in [0.25, 0.3) is 0 Å². The van der Waals surface area contributed by atoms with Crippen LogP contribution in [0.15, 0.2) is 12.1 Å². The Morgan fingerprint density at radius 2 is 2.16 bits per heavy atom. The predicted molar refractivity (Wildman–Crippen MR) is 72.1 cm³/mol. The topological polar surface area (TPSA) is 72.5 Å². The Morgan fingerprint density at radius 3 is 2.84 bits per heavy atom. The van der Waals surface area contributed by atoms with Crippen LogP contribution in [0.25, 0.3) is 0 Å². The van der Waals surface area contributed by atoms with E-state index < -0.39 is 0 Å². The standard InChI is InChI=1S/C13H21N3O3/c1-10-6-12(19-3)7-11(16-10)8-14-9-13(17)15-4-5-18-2/h6-7,14H,4-5,8-9H2,1-3H3,(H,15,17). The smallest absolute Gasteiger partial charge is 0.234 e. The Labute approximate surface area is 113 Å². The second-order valence-corrected chi connectivity index (χ2v) is 4.09. The highest BCUT2D eigenvalue weighted by Gasteiger charge is 2.03. The van der Waals surface area contributed by atoms with Gasteiger partial charge in [0.1, 0.15) is 5.75 Å². The molecule has 6 nitrogen and oxygen atoms in total. The molecule has 1 rings (SSSR count). The first-order chi connectivity index (χ1) is 9.15. The highest BCUT2D eigenvalue weighted by molar-refractivity contribution is 5.77. The number of methoxy groups -OCH3 is 2. The number of rotatable bonds is 8. The summed E-state index contributed by atoms with van der Waals surface area (Å²) < 4.78 is 10.0. The van der Waals surface area contributed by atoms with Crippen LogP contribution in [0.1, 0.15) is 11.4 Å². The number of hydrogen-bond acceptors (Lipinski definition) is 5. The average molecular weight is 267 g/mol. The molecule has 0 atom stereocenters. The Bertz CT molecular complexity index is 410. The van der Waals surface area contributed by atoms with Crippen molar-refractivity contribution in [3.05, 3.63) is 23.5 Å². The van der Waals surface area contributed by atoms with Crippen molar-refractivity contribution in [2.45, 2.75) is 13.5 Å². The third-order valence-corrected chi connectivity index (χ3v) is 2.44. The molecular formula is C13H21N3O3. The Kier molecular flexibility index (Phi) is 6.84. The number of nitrogens with one attached hydrogen (secondary N) is 2. The van der Waals surface area contributed by atoms with Crippen molar-refractivity contribution in [3.63, 3.8) is 0 Å². The molecule has 6 heteroatoms. The summed E-state index contributed by atoms with van der Waals surface area (Å²) in [6.07, 6.45) is 0. The lowest BCUT2D eigenvalue weighted by Gasteiger charge is -2.08. The van der Waals surface area contributed by atoms with E-state index in [9.17, 15) is 4.79 Å². The van der Waals surface area contributed by atoms with Gasteiger partial charge in [0.2, 0.25) is 5.91 Å². The van der Waals surface area contributed by atoms with Gasteiger partial charge < -0.3 is 20.1 Å². The molecule has 1 amide bonds. The Balaban J connectivity index is 2.32. The van der Waals surface area contributed by atoms with Crippen molar-refractivity contribution in [1.29, 1.82) is 0 Å². The molecule has 0 saturated carbocycles. The lowest BCUT2D eigenvalue weighted by molar-refractivity contribution is -0.120. The molecule has 0 aliphatic carbocycles. The largest absolute Gasteiger partial charge is 0.497 e. The molecule has 0 fully saturated rings. The molecule has 0 bridgehead atoms. The molecule has 0 aliphatic heterocycles. The van der Waals surface area contributed by atoms with E-state index in [-0.39, 0.29) is 12.5 Å². The molecule has 0 aromatic carbocycles. The first kappa shape index (κ1) is 15.4. The fraction of sp³-hybridized carbons (Fsp3) is 0.538. The molecule has 0 unspecified atom stereocenters. The van der Waals surface area contributed by atoms with Gasteiger partial charge in [0.15, 0.2) is 0 Å². The Morgan fingerprint density at radius 1 is 1.37 bits per heavy atom. The van der Waals surface area contributed by atoms with Crippen LogP contribution in [0, 0.1) is 6.92 Å². The number of carbonyl (C=O) groups is 1. The maximum Gasteiger partial charge on any atom is 0.234 e. The van der Waals surface area contributed by atoms with Crippen LogP contribution >= 0.6 is 0 Å². The number of ether oxygens (including phenoxy) is 2. The summed E-state index contributed by atoms with van der Waals surface area (Å²) in [5.41, 5.74) is 1.74. The molecule has 0 aliphatic rings. The van der Waals surface area contributed by atoms with E-state index in [0.29, 0.717) is 19.7 Å². The molecule has 0 radical (unpaired) electrons. The second-order valence-electron chi connectivity index (χ2n) is 4.09. The SMILES string of the molecule is COCCNC(=O)CNCc1cc(OC)cc(C)n1. The summed E-state index contributed by atoms with van der Waals surface area (Å²) >= 11 is 0. The summed E-state index contributed by atoms with van der Waals surface area (Å²) in [6.45, 7) is 3.72. The number of amides is 1. The molecule has 1 aromatic heterocycles.